The Bertz CT molecular complexity index is 174. The summed E-state index contributed by atoms with van der Waals surface area (Å²) in [4.78, 5) is 2.50. The number of ether oxygens (including phenoxy) is 1. The van der Waals surface area contributed by atoms with Gasteiger partial charge in [0.1, 0.15) is 0 Å². The summed E-state index contributed by atoms with van der Waals surface area (Å²) in [6.45, 7) is 11.6. The van der Waals surface area contributed by atoms with E-state index in [-0.39, 0.29) is 0 Å². The van der Waals surface area contributed by atoms with Crippen LogP contribution in [0.4, 0.5) is 0 Å². The van der Waals surface area contributed by atoms with E-state index in [0.29, 0.717) is 24.2 Å². The molecule has 0 aliphatic carbocycles. The van der Waals surface area contributed by atoms with E-state index >= 15 is 0 Å². The molecular formula is C12H26N2O. The predicted molar refractivity (Wildman–Crippen MR) is 63.9 cm³/mol. The molecule has 3 unspecified atom stereocenters. The molecule has 0 aromatic rings. The van der Waals surface area contributed by atoms with Crippen molar-refractivity contribution in [2.45, 2.75) is 52.4 Å². The summed E-state index contributed by atoms with van der Waals surface area (Å²) >= 11 is 0. The topological polar surface area (TPSA) is 38.5 Å². The number of morpholine rings is 1. The fraction of sp³-hybridized carbons (Fsp3) is 1.00. The third-order valence-electron chi connectivity index (χ3n) is 2.98. The zero-order valence-electron chi connectivity index (χ0n) is 10.6. The molecule has 3 nitrogen and oxygen atoms in total. The Morgan fingerprint density at radius 1 is 1.27 bits per heavy atom. The Balaban J connectivity index is 2.51. The van der Waals surface area contributed by atoms with Gasteiger partial charge in [0.2, 0.25) is 0 Å². The van der Waals surface area contributed by atoms with Crippen molar-refractivity contribution in [2.24, 2.45) is 11.7 Å². The summed E-state index contributed by atoms with van der Waals surface area (Å²) in [5, 5.41) is 0. The molecule has 15 heavy (non-hydrogen) atoms. The Hall–Kier alpha value is -0.120. The SMILES string of the molecule is CC(C)CC(CN)N1CC(C)OC(C)C1. The van der Waals surface area contributed by atoms with E-state index in [9.17, 15) is 0 Å². The van der Waals surface area contributed by atoms with Gasteiger partial charge >= 0.3 is 0 Å². The molecule has 1 aliphatic rings. The zero-order chi connectivity index (χ0) is 11.4. The quantitative estimate of drug-likeness (QED) is 0.770. The first kappa shape index (κ1) is 12.9. The molecular weight excluding hydrogens is 188 g/mol. The van der Waals surface area contributed by atoms with Gasteiger partial charge in [-0.25, -0.2) is 0 Å². The van der Waals surface area contributed by atoms with Gasteiger partial charge < -0.3 is 10.5 Å². The Morgan fingerprint density at radius 2 is 1.80 bits per heavy atom. The molecule has 3 heteroatoms. The molecule has 0 spiro atoms. The Kier molecular flexibility index (Phi) is 5.03. The highest BCUT2D eigenvalue weighted by Gasteiger charge is 2.27. The van der Waals surface area contributed by atoms with Crippen molar-refractivity contribution in [1.82, 2.24) is 4.90 Å². The Morgan fingerprint density at radius 3 is 2.20 bits per heavy atom. The summed E-state index contributed by atoms with van der Waals surface area (Å²) in [7, 11) is 0. The molecule has 0 saturated carbocycles. The molecule has 1 fully saturated rings. The highest BCUT2D eigenvalue weighted by atomic mass is 16.5. The minimum atomic E-state index is 0.343. The van der Waals surface area contributed by atoms with Crippen molar-refractivity contribution in [1.29, 1.82) is 0 Å². The number of hydrogen-bond acceptors (Lipinski definition) is 3. The normalized spacial score (nSPS) is 30.8. The first-order valence-electron chi connectivity index (χ1n) is 6.12. The van der Waals surface area contributed by atoms with E-state index in [1.807, 2.05) is 0 Å². The lowest BCUT2D eigenvalue weighted by Gasteiger charge is -2.40. The molecule has 0 aromatic heterocycles. The molecule has 2 N–H and O–H groups in total. The largest absolute Gasteiger partial charge is 0.373 e. The zero-order valence-corrected chi connectivity index (χ0v) is 10.6. The minimum Gasteiger partial charge on any atom is -0.373 e. The molecule has 0 amide bonds. The lowest BCUT2D eigenvalue weighted by atomic mass is 10.0. The van der Waals surface area contributed by atoms with Crippen LogP contribution in [0.15, 0.2) is 0 Å². The van der Waals surface area contributed by atoms with Crippen LogP contribution in [0.2, 0.25) is 0 Å². The van der Waals surface area contributed by atoms with Gasteiger partial charge in [0.25, 0.3) is 0 Å². The van der Waals surface area contributed by atoms with E-state index in [1.54, 1.807) is 0 Å². The van der Waals surface area contributed by atoms with E-state index in [2.05, 4.69) is 32.6 Å². The third kappa shape index (κ3) is 4.09. The van der Waals surface area contributed by atoms with Gasteiger partial charge in [0, 0.05) is 25.7 Å². The molecule has 0 aromatic carbocycles. The van der Waals surface area contributed by atoms with E-state index in [1.165, 1.54) is 6.42 Å². The highest BCUT2D eigenvalue weighted by Crippen LogP contribution is 2.17. The highest BCUT2D eigenvalue weighted by molar-refractivity contribution is 4.81. The molecule has 90 valence electrons. The average molecular weight is 214 g/mol. The van der Waals surface area contributed by atoms with Crippen molar-refractivity contribution in [2.75, 3.05) is 19.6 Å². The van der Waals surface area contributed by atoms with Gasteiger partial charge in [-0.2, -0.15) is 0 Å². The van der Waals surface area contributed by atoms with E-state index in [0.717, 1.165) is 19.6 Å². The number of nitrogens with two attached hydrogens (primary N) is 1. The van der Waals surface area contributed by atoms with E-state index in [4.69, 9.17) is 10.5 Å². The first-order chi connectivity index (χ1) is 7.02. The van der Waals surface area contributed by atoms with Crippen LogP contribution in [0.1, 0.15) is 34.1 Å². The number of nitrogens with zero attached hydrogens (tertiary/aromatic N) is 1. The Labute approximate surface area is 94.0 Å². The predicted octanol–water partition coefficient (Wildman–Crippen LogP) is 1.47. The fourth-order valence-corrected chi connectivity index (χ4v) is 2.45. The van der Waals surface area contributed by atoms with Crippen LogP contribution < -0.4 is 5.73 Å². The van der Waals surface area contributed by atoms with Crippen molar-refractivity contribution in [3.8, 4) is 0 Å². The number of hydrogen-bond donors (Lipinski definition) is 1. The second kappa shape index (κ2) is 5.83. The van der Waals surface area contributed by atoms with Crippen molar-refractivity contribution < 1.29 is 4.74 Å². The molecule has 1 saturated heterocycles. The van der Waals surface area contributed by atoms with Crippen molar-refractivity contribution >= 4 is 0 Å². The van der Waals surface area contributed by atoms with Gasteiger partial charge in [-0.05, 0) is 26.2 Å². The van der Waals surface area contributed by atoms with Crippen LogP contribution in [0, 0.1) is 5.92 Å². The summed E-state index contributed by atoms with van der Waals surface area (Å²) in [6, 6.07) is 0.527. The van der Waals surface area contributed by atoms with Crippen LogP contribution in [-0.4, -0.2) is 42.8 Å². The molecule has 3 atom stereocenters. The lowest BCUT2D eigenvalue weighted by Crippen LogP contribution is -2.52. The van der Waals surface area contributed by atoms with Crippen LogP contribution >= 0.6 is 0 Å². The fourth-order valence-electron chi connectivity index (χ4n) is 2.45. The maximum absolute atomic E-state index is 5.86. The van der Waals surface area contributed by atoms with Crippen LogP contribution in [-0.2, 0) is 4.74 Å². The maximum Gasteiger partial charge on any atom is 0.0678 e. The summed E-state index contributed by atoms with van der Waals surface area (Å²) in [5.74, 6) is 0.715. The maximum atomic E-state index is 5.86. The summed E-state index contributed by atoms with van der Waals surface area (Å²) in [6.07, 6.45) is 1.88. The molecule has 1 rings (SSSR count). The molecule has 0 radical (unpaired) electrons. The monoisotopic (exact) mass is 214 g/mol. The smallest absolute Gasteiger partial charge is 0.0678 e. The van der Waals surface area contributed by atoms with Gasteiger partial charge in [-0.3, -0.25) is 4.90 Å². The van der Waals surface area contributed by atoms with Gasteiger partial charge in [0.05, 0.1) is 12.2 Å². The second-order valence-electron chi connectivity index (χ2n) is 5.23. The minimum absolute atomic E-state index is 0.343. The van der Waals surface area contributed by atoms with Crippen LogP contribution in [0.3, 0.4) is 0 Å². The van der Waals surface area contributed by atoms with Gasteiger partial charge in [-0.15, -0.1) is 0 Å². The molecule has 1 heterocycles. The third-order valence-corrected chi connectivity index (χ3v) is 2.98. The lowest BCUT2D eigenvalue weighted by molar-refractivity contribution is -0.0811. The van der Waals surface area contributed by atoms with Gasteiger partial charge in [0.15, 0.2) is 0 Å². The first-order valence-corrected chi connectivity index (χ1v) is 6.12. The number of rotatable bonds is 4. The second-order valence-corrected chi connectivity index (χ2v) is 5.23. The molecule has 0 bridgehead atoms. The van der Waals surface area contributed by atoms with Gasteiger partial charge in [-0.1, -0.05) is 13.8 Å². The standard InChI is InChI=1S/C12H26N2O/c1-9(2)5-12(6-13)14-7-10(3)15-11(4)8-14/h9-12H,5-8,13H2,1-4H3. The van der Waals surface area contributed by atoms with Crippen molar-refractivity contribution in [3.63, 3.8) is 0 Å². The van der Waals surface area contributed by atoms with E-state index < -0.39 is 0 Å². The average Bonchev–Trinajstić information content (AvgIpc) is 2.12. The summed E-state index contributed by atoms with van der Waals surface area (Å²) < 4.78 is 5.73. The van der Waals surface area contributed by atoms with Crippen molar-refractivity contribution in [3.05, 3.63) is 0 Å². The van der Waals surface area contributed by atoms with Crippen LogP contribution in [0.25, 0.3) is 0 Å². The molecule has 1 aliphatic heterocycles. The summed E-state index contributed by atoms with van der Waals surface area (Å²) in [5.41, 5.74) is 5.86. The van der Waals surface area contributed by atoms with Crippen LogP contribution in [0.5, 0.6) is 0 Å².